The number of hydrogen-bond donors (Lipinski definition) is 2. The largest absolute Gasteiger partial charge is 0.460 e. The van der Waals surface area contributed by atoms with E-state index in [0.29, 0.717) is 5.56 Å². The minimum atomic E-state index is -4.55. The Hall–Kier alpha value is -2.26. The van der Waals surface area contributed by atoms with Gasteiger partial charge in [-0.25, -0.2) is 0 Å². The molecule has 1 rings (SSSR count). The van der Waals surface area contributed by atoms with Gasteiger partial charge >= 0.3 is 19.5 Å². The van der Waals surface area contributed by atoms with Crippen LogP contribution in [0.5, 0.6) is 0 Å². The standard InChI is InChI=1S/C26H42NO9P/c1-24(2,3)33-20(28)16-15-19(22(30)34-25(4,5)6)17-37(31,32)36-23(35-26(7,8)9)27-21(29)18-13-11-10-12-14-18/h10-14,19,23H,15-17H2,1-9H3,(H,27,29)(H,31,32). The Kier molecular flexibility index (Phi) is 11.5. The van der Waals surface area contributed by atoms with Crippen molar-refractivity contribution in [3.63, 3.8) is 0 Å². The van der Waals surface area contributed by atoms with Gasteiger partial charge in [0, 0.05) is 12.0 Å². The van der Waals surface area contributed by atoms with Gasteiger partial charge in [-0.3, -0.25) is 23.5 Å². The molecule has 3 unspecified atom stereocenters. The maximum atomic E-state index is 13.2. The van der Waals surface area contributed by atoms with Gasteiger partial charge in [-0.2, -0.15) is 0 Å². The molecule has 0 saturated heterocycles. The molecule has 37 heavy (non-hydrogen) atoms. The van der Waals surface area contributed by atoms with E-state index in [2.05, 4.69) is 5.32 Å². The Morgan fingerprint density at radius 3 is 1.92 bits per heavy atom. The topological polar surface area (TPSA) is 137 Å². The molecule has 0 saturated carbocycles. The lowest BCUT2D eigenvalue weighted by Crippen LogP contribution is -2.43. The third-order valence-electron chi connectivity index (χ3n) is 4.31. The van der Waals surface area contributed by atoms with E-state index in [1.54, 1.807) is 92.6 Å². The number of esters is 2. The normalized spacial score (nSPS) is 15.7. The monoisotopic (exact) mass is 543 g/mol. The fraction of sp³-hybridized carbons (Fsp3) is 0.654. The van der Waals surface area contributed by atoms with Crippen LogP contribution in [0, 0.1) is 5.92 Å². The second-order valence-electron chi connectivity index (χ2n) is 11.7. The van der Waals surface area contributed by atoms with E-state index in [-0.39, 0.29) is 12.8 Å². The van der Waals surface area contributed by atoms with Crippen molar-refractivity contribution in [2.24, 2.45) is 5.92 Å². The molecule has 2 N–H and O–H groups in total. The van der Waals surface area contributed by atoms with Crippen LogP contribution in [0.4, 0.5) is 0 Å². The number of rotatable bonds is 11. The Balaban J connectivity index is 3.07. The minimum absolute atomic E-state index is 0.0983. The van der Waals surface area contributed by atoms with Gasteiger partial charge in [-0.1, -0.05) is 18.2 Å². The third-order valence-corrected chi connectivity index (χ3v) is 5.74. The molecule has 10 nitrogen and oxygen atoms in total. The fourth-order valence-electron chi connectivity index (χ4n) is 3.00. The van der Waals surface area contributed by atoms with Crippen LogP contribution in [0.25, 0.3) is 0 Å². The molecule has 0 aliphatic carbocycles. The highest BCUT2D eigenvalue weighted by Crippen LogP contribution is 2.46. The lowest BCUT2D eigenvalue weighted by atomic mass is 10.0. The first-order valence-electron chi connectivity index (χ1n) is 12.1. The van der Waals surface area contributed by atoms with E-state index >= 15 is 0 Å². The molecule has 0 radical (unpaired) electrons. The fourth-order valence-corrected chi connectivity index (χ4v) is 4.37. The molecule has 1 aromatic rings. The summed E-state index contributed by atoms with van der Waals surface area (Å²) in [4.78, 5) is 48.4. The molecule has 0 aliphatic heterocycles. The van der Waals surface area contributed by atoms with Gasteiger partial charge in [0.05, 0.1) is 17.7 Å². The first-order chi connectivity index (χ1) is 16.7. The summed E-state index contributed by atoms with van der Waals surface area (Å²) in [5.74, 6) is -3.04. The molecular formula is C26H42NO9P. The van der Waals surface area contributed by atoms with Crippen molar-refractivity contribution in [2.45, 2.75) is 98.4 Å². The zero-order valence-electron chi connectivity index (χ0n) is 23.3. The molecule has 0 heterocycles. The summed E-state index contributed by atoms with van der Waals surface area (Å²) in [6.45, 7) is 15.2. The van der Waals surface area contributed by atoms with Crippen molar-refractivity contribution in [2.75, 3.05) is 6.16 Å². The van der Waals surface area contributed by atoms with Crippen molar-refractivity contribution >= 4 is 25.4 Å². The van der Waals surface area contributed by atoms with Crippen LogP contribution in [0.3, 0.4) is 0 Å². The molecule has 0 bridgehead atoms. The minimum Gasteiger partial charge on any atom is -0.460 e. The number of hydrogen-bond acceptors (Lipinski definition) is 8. The summed E-state index contributed by atoms with van der Waals surface area (Å²) in [5, 5.41) is 2.46. The summed E-state index contributed by atoms with van der Waals surface area (Å²) >= 11 is 0. The third kappa shape index (κ3) is 14.9. The van der Waals surface area contributed by atoms with Crippen molar-refractivity contribution in [1.29, 1.82) is 0 Å². The quantitative estimate of drug-likeness (QED) is 0.229. The molecule has 210 valence electrons. The summed E-state index contributed by atoms with van der Waals surface area (Å²) in [7, 11) is -4.55. The number of ether oxygens (including phenoxy) is 3. The van der Waals surface area contributed by atoms with Crippen molar-refractivity contribution in [1.82, 2.24) is 5.32 Å². The summed E-state index contributed by atoms with van der Waals surface area (Å²) in [5.41, 5.74) is -2.13. The average molecular weight is 544 g/mol. The highest BCUT2D eigenvalue weighted by Gasteiger charge is 2.37. The predicted molar refractivity (Wildman–Crippen MR) is 139 cm³/mol. The van der Waals surface area contributed by atoms with Crippen molar-refractivity contribution in [3.05, 3.63) is 35.9 Å². The van der Waals surface area contributed by atoms with Crippen LogP contribution >= 0.6 is 7.60 Å². The van der Waals surface area contributed by atoms with Crippen LogP contribution in [-0.4, -0.2) is 52.1 Å². The molecule has 0 fully saturated rings. The van der Waals surface area contributed by atoms with E-state index < -0.39 is 60.7 Å². The van der Waals surface area contributed by atoms with Crippen LogP contribution in [-0.2, 0) is 32.9 Å². The predicted octanol–water partition coefficient (Wildman–Crippen LogP) is 4.80. The van der Waals surface area contributed by atoms with Gasteiger partial charge in [0.2, 0.25) is 6.41 Å². The molecule has 0 aliphatic rings. The SMILES string of the molecule is CC(C)(C)OC(=O)CCC(CP(=O)(O)OC(NC(=O)c1ccccc1)OC(C)(C)C)C(=O)OC(C)(C)C. The summed E-state index contributed by atoms with van der Waals surface area (Å²) < 4.78 is 34.9. The van der Waals surface area contributed by atoms with Gasteiger partial charge in [0.15, 0.2) is 0 Å². The van der Waals surface area contributed by atoms with Crippen molar-refractivity contribution < 1.29 is 42.6 Å². The van der Waals surface area contributed by atoms with E-state index in [4.69, 9.17) is 18.7 Å². The second kappa shape index (κ2) is 13.0. The number of carbonyl (C=O) groups is 3. The Morgan fingerprint density at radius 2 is 1.43 bits per heavy atom. The van der Waals surface area contributed by atoms with Gasteiger partial charge in [0.25, 0.3) is 5.91 Å². The number of nitrogens with one attached hydrogen (secondary N) is 1. The van der Waals surface area contributed by atoms with Crippen LogP contribution < -0.4 is 5.32 Å². The number of carbonyl (C=O) groups excluding carboxylic acids is 3. The van der Waals surface area contributed by atoms with E-state index in [1.165, 1.54) is 0 Å². The second-order valence-corrected chi connectivity index (χ2v) is 13.5. The number of benzene rings is 1. The first kappa shape index (κ1) is 32.8. The van der Waals surface area contributed by atoms with E-state index in [9.17, 15) is 23.8 Å². The average Bonchev–Trinajstić information content (AvgIpc) is 2.67. The smallest absolute Gasteiger partial charge is 0.332 e. The molecule has 1 aromatic carbocycles. The molecular weight excluding hydrogens is 501 g/mol. The molecule has 1 amide bonds. The molecule has 11 heteroatoms. The van der Waals surface area contributed by atoms with E-state index in [1.807, 2.05) is 0 Å². The van der Waals surface area contributed by atoms with Crippen LogP contribution in [0.1, 0.15) is 85.5 Å². The summed E-state index contributed by atoms with van der Waals surface area (Å²) in [6.07, 6.45) is -2.52. The van der Waals surface area contributed by atoms with Crippen molar-refractivity contribution in [3.8, 4) is 0 Å². The Bertz CT molecular complexity index is 959. The zero-order valence-corrected chi connectivity index (χ0v) is 24.2. The molecule has 0 aromatic heterocycles. The lowest BCUT2D eigenvalue weighted by molar-refractivity contribution is -0.166. The molecule has 0 spiro atoms. The van der Waals surface area contributed by atoms with Gasteiger partial charge in [-0.15, -0.1) is 0 Å². The number of amides is 1. The van der Waals surface area contributed by atoms with Crippen LogP contribution in [0.2, 0.25) is 0 Å². The summed E-state index contributed by atoms with van der Waals surface area (Å²) in [6, 6.07) is 8.21. The van der Waals surface area contributed by atoms with Gasteiger partial charge in [0.1, 0.15) is 11.2 Å². The maximum absolute atomic E-state index is 13.2. The van der Waals surface area contributed by atoms with Crippen LogP contribution in [0.15, 0.2) is 30.3 Å². The highest BCUT2D eigenvalue weighted by molar-refractivity contribution is 7.52. The Morgan fingerprint density at radius 1 is 0.892 bits per heavy atom. The van der Waals surface area contributed by atoms with E-state index in [0.717, 1.165) is 0 Å². The first-order valence-corrected chi connectivity index (χ1v) is 13.9. The van der Waals surface area contributed by atoms with Gasteiger partial charge < -0.3 is 24.4 Å². The lowest BCUT2D eigenvalue weighted by Gasteiger charge is -2.30. The maximum Gasteiger partial charge on any atom is 0.332 e. The van der Waals surface area contributed by atoms with Gasteiger partial charge in [-0.05, 0) is 80.9 Å². The highest BCUT2D eigenvalue weighted by atomic mass is 31.2. The zero-order chi connectivity index (χ0) is 28.7. The Labute approximate surface area is 219 Å². The molecule has 3 atom stereocenters.